The molecule has 0 amide bonds. The van der Waals surface area contributed by atoms with E-state index in [2.05, 4.69) is 27.2 Å². The standard InChI is InChI=1S/C12H17N5/c1-4-13-5-11-6-14-7-12(16-11)17-8-15-9(2)10(17)3/h6-8,13H,4-5H2,1-3H3. The Morgan fingerprint density at radius 3 is 2.76 bits per heavy atom. The first-order valence-corrected chi connectivity index (χ1v) is 5.75. The second-order valence-corrected chi connectivity index (χ2v) is 3.93. The monoisotopic (exact) mass is 231 g/mol. The van der Waals surface area contributed by atoms with Crippen molar-refractivity contribution in [3.63, 3.8) is 0 Å². The van der Waals surface area contributed by atoms with Crippen LogP contribution in [-0.4, -0.2) is 26.1 Å². The molecule has 1 N–H and O–H groups in total. The Labute approximate surface area is 101 Å². The van der Waals surface area contributed by atoms with E-state index in [1.165, 1.54) is 0 Å². The maximum atomic E-state index is 4.55. The van der Waals surface area contributed by atoms with Crippen molar-refractivity contribution < 1.29 is 0 Å². The topological polar surface area (TPSA) is 55.6 Å². The normalized spacial score (nSPS) is 10.8. The average Bonchev–Trinajstić information content (AvgIpc) is 2.68. The lowest BCUT2D eigenvalue weighted by Crippen LogP contribution is -2.14. The summed E-state index contributed by atoms with van der Waals surface area (Å²) in [5.74, 6) is 0.818. The number of rotatable bonds is 4. The molecule has 0 aliphatic heterocycles. The molecule has 5 nitrogen and oxygen atoms in total. The molecule has 2 rings (SSSR count). The van der Waals surface area contributed by atoms with Crippen molar-refractivity contribution in [3.8, 4) is 5.82 Å². The van der Waals surface area contributed by atoms with Crippen molar-refractivity contribution >= 4 is 0 Å². The van der Waals surface area contributed by atoms with E-state index < -0.39 is 0 Å². The minimum atomic E-state index is 0.740. The van der Waals surface area contributed by atoms with Crippen LogP contribution in [0.2, 0.25) is 0 Å². The molecule has 2 aromatic heterocycles. The summed E-state index contributed by atoms with van der Waals surface area (Å²) >= 11 is 0. The molecule has 0 spiro atoms. The van der Waals surface area contributed by atoms with E-state index in [0.717, 1.165) is 36.0 Å². The SMILES string of the molecule is CCNCc1cncc(-n2cnc(C)c2C)n1. The number of hydrogen-bond acceptors (Lipinski definition) is 4. The second-order valence-electron chi connectivity index (χ2n) is 3.93. The molecule has 0 aliphatic carbocycles. The Morgan fingerprint density at radius 2 is 2.12 bits per heavy atom. The molecule has 5 heteroatoms. The fourth-order valence-corrected chi connectivity index (χ4v) is 1.58. The van der Waals surface area contributed by atoms with Crippen LogP contribution in [0.15, 0.2) is 18.7 Å². The van der Waals surface area contributed by atoms with Crippen molar-refractivity contribution in [2.24, 2.45) is 0 Å². The van der Waals surface area contributed by atoms with E-state index in [1.54, 1.807) is 18.7 Å². The number of imidazole rings is 1. The number of nitrogens with zero attached hydrogens (tertiary/aromatic N) is 4. The predicted molar refractivity (Wildman–Crippen MR) is 66.0 cm³/mol. The van der Waals surface area contributed by atoms with Gasteiger partial charge in [0.15, 0.2) is 5.82 Å². The van der Waals surface area contributed by atoms with Crippen LogP contribution in [0.4, 0.5) is 0 Å². The Balaban J connectivity index is 2.30. The van der Waals surface area contributed by atoms with Gasteiger partial charge in [0, 0.05) is 18.4 Å². The highest BCUT2D eigenvalue weighted by molar-refractivity contribution is 5.26. The van der Waals surface area contributed by atoms with E-state index in [0.29, 0.717) is 0 Å². The minimum absolute atomic E-state index is 0.740. The zero-order valence-electron chi connectivity index (χ0n) is 10.4. The third-order valence-electron chi connectivity index (χ3n) is 2.73. The Kier molecular flexibility index (Phi) is 3.49. The van der Waals surface area contributed by atoms with E-state index in [4.69, 9.17) is 0 Å². The van der Waals surface area contributed by atoms with Crippen LogP contribution in [0, 0.1) is 13.8 Å². The summed E-state index contributed by atoms with van der Waals surface area (Å²) < 4.78 is 1.96. The van der Waals surface area contributed by atoms with Gasteiger partial charge in [0.2, 0.25) is 0 Å². The van der Waals surface area contributed by atoms with E-state index in [9.17, 15) is 0 Å². The molecule has 0 fully saturated rings. The Bertz CT molecular complexity index is 503. The van der Waals surface area contributed by atoms with Gasteiger partial charge in [-0.2, -0.15) is 0 Å². The zero-order valence-corrected chi connectivity index (χ0v) is 10.4. The number of nitrogens with one attached hydrogen (secondary N) is 1. The largest absolute Gasteiger partial charge is 0.311 e. The summed E-state index contributed by atoms with van der Waals surface area (Å²) in [6.07, 6.45) is 5.32. The molecular formula is C12H17N5. The van der Waals surface area contributed by atoms with E-state index in [1.807, 2.05) is 18.4 Å². The molecule has 0 aliphatic rings. The molecule has 0 radical (unpaired) electrons. The van der Waals surface area contributed by atoms with Gasteiger partial charge in [0.05, 0.1) is 17.6 Å². The molecule has 2 heterocycles. The van der Waals surface area contributed by atoms with Crippen molar-refractivity contribution in [1.82, 2.24) is 24.8 Å². The summed E-state index contributed by atoms with van der Waals surface area (Å²) in [7, 11) is 0. The first-order chi connectivity index (χ1) is 8.22. The lowest BCUT2D eigenvalue weighted by atomic mass is 10.4. The van der Waals surface area contributed by atoms with E-state index >= 15 is 0 Å². The molecule has 17 heavy (non-hydrogen) atoms. The summed E-state index contributed by atoms with van der Waals surface area (Å²) in [5, 5.41) is 3.24. The molecular weight excluding hydrogens is 214 g/mol. The molecule has 2 aromatic rings. The van der Waals surface area contributed by atoms with Crippen LogP contribution >= 0.6 is 0 Å². The summed E-state index contributed by atoms with van der Waals surface area (Å²) in [4.78, 5) is 13.0. The van der Waals surface area contributed by atoms with Crippen LogP contribution < -0.4 is 5.32 Å². The number of hydrogen-bond donors (Lipinski definition) is 1. The second kappa shape index (κ2) is 5.05. The van der Waals surface area contributed by atoms with Crippen LogP contribution in [0.25, 0.3) is 5.82 Å². The smallest absolute Gasteiger partial charge is 0.156 e. The van der Waals surface area contributed by atoms with Gasteiger partial charge < -0.3 is 5.32 Å². The van der Waals surface area contributed by atoms with Gasteiger partial charge in [0.25, 0.3) is 0 Å². The molecule has 90 valence electrons. The zero-order chi connectivity index (χ0) is 12.3. The third kappa shape index (κ3) is 2.50. The lowest BCUT2D eigenvalue weighted by molar-refractivity contribution is 0.703. The molecule has 0 saturated carbocycles. The Hall–Kier alpha value is -1.75. The van der Waals surface area contributed by atoms with Gasteiger partial charge >= 0.3 is 0 Å². The molecule has 0 saturated heterocycles. The lowest BCUT2D eigenvalue weighted by Gasteiger charge is -2.06. The van der Waals surface area contributed by atoms with E-state index in [-0.39, 0.29) is 0 Å². The van der Waals surface area contributed by atoms with Crippen molar-refractivity contribution in [3.05, 3.63) is 35.8 Å². The fourth-order valence-electron chi connectivity index (χ4n) is 1.58. The highest BCUT2D eigenvalue weighted by atomic mass is 15.1. The summed E-state index contributed by atoms with van der Waals surface area (Å²) in [6, 6.07) is 0. The molecule has 0 bridgehead atoms. The van der Waals surface area contributed by atoms with Crippen LogP contribution in [0.5, 0.6) is 0 Å². The van der Waals surface area contributed by atoms with Crippen LogP contribution in [0.1, 0.15) is 24.0 Å². The molecule has 0 atom stereocenters. The van der Waals surface area contributed by atoms with Crippen molar-refractivity contribution in [2.45, 2.75) is 27.3 Å². The highest BCUT2D eigenvalue weighted by Crippen LogP contribution is 2.10. The third-order valence-corrected chi connectivity index (χ3v) is 2.73. The van der Waals surface area contributed by atoms with Gasteiger partial charge in [-0.1, -0.05) is 6.92 Å². The minimum Gasteiger partial charge on any atom is -0.311 e. The van der Waals surface area contributed by atoms with Crippen LogP contribution in [-0.2, 0) is 6.54 Å². The average molecular weight is 231 g/mol. The fraction of sp³-hybridized carbons (Fsp3) is 0.417. The maximum absolute atomic E-state index is 4.55. The highest BCUT2D eigenvalue weighted by Gasteiger charge is 2.06. The first kappa shape index (κ1) is 11.7. The van der Waals surface area contributed by atoms with Gasteiger partial charge in [-0.3, -0.25) is 9.55 Å². The predicted octanol–water partition coefficient (Wildman–Crippen LogP) is 1.39. The first-order valence-electron chi connectivity index (χ1n) is 5.75. The Morgan fingerprint density at radius 1 is 1.29 bits per heavy atom. The quantitative estimate of drug-likeness (QED) is 0.864. The van der Waals surface area contributed by atoms with Gasteiger partial charge in [0.1, 0.15) is 6.33 Å². The summed E-state index contributed by atoms with van der Waals surface area (Å²) in [6.45, 7) is 7.75. The van der Waals surface area contributed by atoms with Gasteiger partial charge in [-0.15, -0.1) is 0 Å². The number of aryl methyl sites for hydroxylation is 1. The molecule has 0 aromatic carbocycles. The van der Waals surface area contributed by atoms with Crippen LogP contribution in [0.3, 0.4) is 0 Å². The van der Waals surface area contributed by atoms with Gasteiger partial charge in [-0.05, 0) is 20.4 Å². The summed E-state index contributed by atoms with van der Waals surface area (Å²) in [5.41, 5.74) is 3.05. The van der Waals surface area contributed by atoms with Gasteiger partial charge in [-0.25, -0.2) is 9.97 Å². The maximum Gasteiger partial charge on any atom is 0.156 e. The van der Waals surface area contributed by atoms with Crippen molar-refractivity contribution in [1.29, 1.82) is 0 Å². The number of aromatic nitrogens is 4. The van der Waals surface area contributed by atoms with Crippen molar-refractivity contribution in [2.75, 3.05) is 6.54 Å². The molecule has 0 unspecified atom stereocenters.